The molecule has 1 saturated carbocycles. The molecule has 3 aromatic rings. The van der Waals surface area contributed by atoms with Crippen LogP contribution in [0.25, 0.3) is 11.3 Å². The summed E-state index contributed by atoms with van der Waals surface area (Å²) in [5, 5.41) is 28.9. The molecule has 0 radical (unpaired) electrons. The molecule has 1 aromatic heterocycles. The van der Waals surface area contributed by atoms with Gasteiger partial charge < -0.3 is 14.7 Å². The van der Waals surface area contributed by atoms with Crippen molar-refractivity contribution in [2.24, 2.45) is 13.0 Å². The van der Waals surface area contributed by atoms with Crippen LogP contribution in [0.1, 0.15) is 37.3 Å². The van der Waals surface area contributed by atoms with E-state index in [-0.39, 0.29) is 6.04 Å². The largest absolute Gasteiger partial charge is 0.455 e. The molecule has 0 spiro atoms. The van der Waals surface area contributed by atoms with E-state index in [9.17, 15) is 10.4 Å². The Morgan fingerprint density at radius 1 is 1.19 bits per heavy atom. The Bertz CT molecular complexity index is 1160. The van der Waals surface area contributed by atoms with E-state index >= 15 is 0 Å². The molecule has 1 aliphatic heterocycles. The summed E-state index contributed by atoms with van der Waals surface area (Å²) >= 11 is 0. The van der Waals surface area contributed by atoms with Gasteiger partial charge in [-0.15, -0.1) is 5.10 Å². The average molecular weight is 415 g/mol. The molecule has 0 amide bonds. The molecular weight excluding hydrogens is 390 g/mol. The number of ether oxygens (including phenoxy) is 1. The van der Waals surface area contributed by atoms with Crippen LogP contribution in [0.3, 0.4) is 0 Å². The van der Waals surface area contributed by atoms with Gasteiger partial charge in [0, 0.05) is 35.8 Å². The van der Waals surface area contributed by atoms with Crippen molar-refractivity contribution in [1.29, 1.82) is 5.26 Å². The molecule has 2 atom stereocenters. The minimum Gasteiger partial charge on any atom is -0.455 e. The van der Waals surface area contributed by atoms with E-state index in [4.69, 9.17) is 4.74 Å². The quantitative estimate of drug-likeness (QED) is 0.677. The zero-order valence-corrected chi connectivity index (χ0v) is 17.7. The number of aryl methyl sites for hydroxylation is 1. The predicted octanol–water partition coefficient (Wildman–Crippen LogP) is 4.02. The van der Waals surface area contributed by atoms with Gasteiger partial charge in [-0.3, -0.25) is 4.68 Å². The van der Waals surface area contributed by atoms with Crippen molar-refractivity contribution in [3.8, 4) is 28.8 Å². The van der Waals surface area contributed by atoms with Gasteiger partial charge in [0.2, 0.25) is 0 Å². The lowest BCUT2D eigenvalue weighted by atomic mass is 9.92. The third kappa shape index (κ3) is 3.53. The van der Waals surface area contributed by atoms with Gasteiger partial charge >= 0.3 is 0 Å². The number of anilines is 1. The van der Waals surface area contributed by atoms with Gasteiger partial charge in [-0.25, -0.2) is 0 Å². The number of hydrogen-bond donors (Lipinski definition) is 1. The number of fused-ring (bicyclic) bond motifs is 1. The van der Waals surface area contributed by atoms with Crippen LogP contribution in [-0.4, -0.2) is 32.4 Å². The topological polar surface area (TPSA) is 87.2 Å². The first-order chi connectivity index (χ1) is 15.1. The molecule has 0 bridgehead atoms. The number of aliphatic hydroxyl groups is 1. The maximum Gasteiger partial charge on any atom is 0.145 e. The molecule has 5 rings (SSSR count). The minimum absolute atomic E-state index is 0.240. The number of para-hydroxylation sites is 1. The maximum absolute atomic E-state index is 11.0. The maximum atomic E-state index is 11.0. The predicted molar refractivity (Wildman–Crippen MR) is 117 cm³/mol. The number of benzene rings is 2. The van der Waals surface area contributed by atoms with E-state index in [0.717, 1.165) is 42.5 Å². The Morgan fingerprint density at radius 2 is 2.00 bits per heavy atom. The van der Waals surface area contributed by atoms with Crippen LogP contribution in [0.15, 0.2) is 42.6 Å². The van der Waals surface area contributed by atoms with E-state index in [1.165, 1.54) is 0 Å². The highest BCUT2D eigenvalue weighted by atomic mass is 16.5. The highest BCUT2D eigenvalue weighted by Gasteiger charge is 2.39. The number of hydrogen-bond acceptors (Lipinski definition) is 6. The lowest BCUT2D eigenvalue weighted by Crippen LogP contribution is -2.46. The Kier molecular flexibility index (Phi) is 4.87. The summed E-state index contributed by atoms with van der Waals surface area (Å²) in [6.45, 7) is 2.16. The van der Waals surface area contributed by atoms with E-state index in [2.05, 4.69) is 34.3 Å². The summed E-state index contributed by atoms with van der Waals surface area (Å²) in [5.41, 5.74) is 4.05. The zero-order valence-electron chi connectivity index (χ0n) is 17.7. The standard InChI is InChI=1S/C24H25N5O2/c1-15-7-10-19-21(29(15)24(30)16-8-9-16)12-11-18(20-14-28(2)27-26-20)23(19)31-22-6-4-3-5-17(22)13-25/h3-6,11-12,14-16,24,30H,7-10H2,1-2H3/t15-,24?/m0/s1. The van der Waals surface area contributed by atoms with E-state index in [1.54, 1.807) is 16.8 Å². The van der Waals surface area contributed by atoms with Crippen LogP contribution in [0.2, 0.25) is 0 Å². The minimum atomic E-state index is -0.490. The fourth-order valence-electron chi connectivity index (χ4n) is 4.40. The molecule has 1 fully saturated rings. The molecule has 1 aliphatic carbocycles. The van der Waals surface area contributed by atoms with Crippen LogP contribution >= 0.6 is 0 Å². The second kappa shape index (κ2) is 7.71. The van der Waals surface area contributed by atoms with Crippen molar-refractivity contribution in [3.63, 3.8) is 0 Å². The second-order valence-electron chi connectivity index (χ2n) is 8.47. The van der Waals surface area contributed by atoms with Crippen molar-refractivity contribution >= 4 is 5.69 Å². The number of aromatic nitrogens is 3. The van der Waals surface area contributed by atoms with Gasteiger partial charge in [-0.1, -0.05) is 17.3 Å². The van der Waals surface area contributed by atoms with Crippen LogP contribution in [0, 0.1) is 17.2 Å². The summed E-state index contributed by atoms with van der Waals surface area (Å²) in [4.78, 5) is 2.14. The second-order valence-corrected chi connectivity index (χ2v) is 8.47. The van der Waals surface area contributed by atoms with Crippen LogP contribution in [0.5, 0.6) is 11.5 Å². The molecule has 7 heteroatoms. The van der Waals surface area contributed by atoms with Crippen molar-refractivity contribution in [1.82, 2.24) is 15.0 Å². The van der Waals surface area contributed by atoms with Crippen molar-refractivity contribution in [2.45, 2.75) is 44.9 Å². The van der Waals surface area contributed by atoms with Gasteiger partial charge in [0.25, 0.3) is 0 Å². The molecule has 1 unspecified atom stereocenters. The molecule has 1 N–H and O–H groups in total. The third-order valence-corrected chi connectivity index (χ3v) is 6.23. The molecular formula is C24H25N5O2. The van der Waals surface area contributed by atoms with Gasteiger partial charge in [0.15, 0.2) is 0 Å². The average Bonchev–Trinajstić information content (AvgIpc) is 3.54. The third-order valence-electron chi connectivity index (χ3n) is 6.23. The highest BCUT2D eigenvalue weighted by Crippen LogP contribution is 2.47. The Balaban J connectivity index is 1.67. The summed E-state index contributed by atoms with van der Waals surface area (Å²) in [6.07, 6.45) is 5.23. The van der Waals surface area contributed by atoms with Crippen LogP contribution in [0.4, 0.5) is 5.69 Å². The van der Waals surface area contributed by atoms with Crippen LogP contribution in [-0.2, 0) is 13.5 Å². The van der Waals surface area contributed by atoms with Crippen molar-refractivity contribution < 1.29 is 9.84 Å². The number of aliphatic hydroxyl groups excluding tert-OH is 1. The highest BCUT2D eigenvalue weighted by molar-refractivity contribution is 5.76. The fourth-order valence-corrected chi connectivity index (χ4v) is 4.40. The normalized spacial score (nSPS) is 18.9. The van der Waals surface area contributed by atoms with Crippen molar-refractivity contribution in [3.05, 3.63) is 53.7 Å². The summed E-state index contributed by atoms with van der Waals surface area (Å²) in [6, 6.07) is 13.7. The van der Waals surface area contributed by atoms with E-state index in [0.29, 0.717) is 28.7 Å². The molecule has 7 nitrogen and oxygen atoms in total. The molecule has 0 saturated heterocycles. The van der Waals surface area contributed by atoms with E-state index in [1.807, 2.05) is 31.4 Å². The van der Waals surface area contributed by atoms with Gasteiger partial charge in [0.1, 0.15) is 29.5 Å². The Hall–Kier alpha value is -3.37. The lowest BCUT2D eigenvalue weighted by Gasteiger charge is -2.41. The Labute approximate surface area is 181 Å². The van der Waals surface area contributed by atoms with Crippen LogP contribution < -0.4 is 9.64 Å². The molecule has 2 aromatic carbocycles. The smallest absolute Gasteiger partial charge is 0.145 e. The Morgan fingerprint density at radius 3 is 2.71 bits per heavy atom. The first-order valence-corrected chi connectivity index (χ1v) is 10.7. The number of rotatable bonds is 5. The first-order valence-electron chi connectivity index (χ1n) is 10.7. The van der Waals surface area contributed by atoms with E-state index < -0.39 is 6.23 Å². The number of nitriles is 1. The SMILES string of the molecule is C[C@H]1CCc2c(ccc(-c3cn(C)nn3)c2Oc2ccccc2C#N)N1C(O)C1CC1. The van der Waals surface area contributed by atoms with Crippen molar-refractivity contribution in [2.75, 3.05) is 4.90 Å². The fraction of sp³-hybridized carbons (Fsp3) is 0.375. The lowest BCUT2D eigenvalue weighted by molar-refractivity contribution is 0.133. The van der Waals surface area contributed by atoms with Gasteiger partial charge in [0.05, 0.1) is 11.8 Å². The number of nitrogens with zero attached hydrogens (tertiary/aromatic N) is 5. The molecule has 31 heavy (non-hydrogen) atoms. The summed E-state index contributed by atoms with van der Waals surface area (Å²) in [5.74, 6) is 1.52. The molecule has 2 heterocycles. The zero-order chi connectivity index (χ0) is 21.5. The molecule has 2 aliphatic rings. The summed E-state index contributed by atoms with van der Waals surface area (Å²) in [7, 11) is 1.83. The van der Waals surface area contributed by atoms with Gasteiger partial charge in [-0.05, 0) is 56.9 Å². The first kappa shape index (κ1) is 19.6. The molecule has 158 valence electrons. The summed E-state index contributed by atoms with van der Waals surface area (Å²) < 4.78 is 8.08. The van der Waals surface area contributed by atoms with Gasteiger partial charge in [-0.2, -0.15) is 5.26 Å². The monoisotopic (exact) mass is 415 g/mol.